The largest absolute Gasteiger partial charge is 0.480 e. The lowest BCUT2D eigenvalue weighted by Crippen LogP contribution is -2.40. The van der Waals surface area contributed by atoms with Gasteiger partial charge < -0.3 is 10.4 Å². The number of nitrogens with one attached hydrogen (secondary N) is 2. The number of carbonyl (C=O) groups is 2. The van der Waals surface area contributed by atoms with Crippen LogP contribution in [-0.4, -0.2) is 31.4 Å². The van der Waals surface area contributed by atoms with Crippen LogP contribution in [0.1, 0.15) is 38.0 Å². The van der Waals surface area contributed by atoms with E-state index in [9.17, 15) is 18.0 Å². The van der Waals surface area contributed by atoms with E-state index in [1.54, 1.807) is 6.07 Å². The van der Waals surface area contributed by atoms with Gasteiger partial charge in [-0.15, -0.1) is 11.3 Å². The summed E-state index contributed by atoms with van der Waals surface area (Å²) in [6.07, 6.45) is 1.65. The van der Waals surface area contributed by atoms with Gasteiger partial charge in [0.15, 0.2) is 0 Å². The van der Waals surface area contributed by atoms with Gasteiger partial charge in [0.2, 0.25) is 5.91 Å². The summed E-state index contributed by atoms with van der Waals surface area (Å²) < 4.78 is 26.7. The molecule has 0 spiro atoms. The van der Waals surface area contributed by atoms with Crippen LogP contribution in [0.15, 0.2) is 16.3 Å². The van der Waals surface area contributed by atoms with Gasteiger partial charge in [-0.2, -0.15) is 4.72 Å². The monoisotopic (exact) mass is 348 g/mol. The Hall–Kier alpha value is -1.45. The third kappa shape index (κ3) is 5.74. The van der Waals surface area contributed by atoms with Gasteiger partial charge in [0.1, 0.15) is 10.3 Å². The quantitative estimate of drug-likeness (QED) is 0.623. The van der Waals surface area contributed by atoms with Crippen molar-refractivity contribution >= 4 is 33.2 Å². The highest BCUT2D eigenvalue weighted by atomic mass is 32.2. The van der Waals surface area contributed by atoms with Gasteiger partial charge in [0.25, 0.3) is 10.0 Å². The van der Waals surface area contributed by atoms with Gasteiger partial charge in [0, 0.05) is 11.8 Å². The van der Waals surface area contributed by atoms with Crippen molar-refractivity contribution in [2.24, 2.45) is 0 Å². The fourth-order valence-electron chi connectivity index (χ4n) is 1.70. The molecule has 22 heavy (non-hydrogen) atoms. The van der Waals surface area contributed by atoms with Crippen LogP contribution in [0.3, 0.4) is 0 Å². The van der Waals surface area contributed by atoms with E-state index < -0.39 is 22.0 Å². The van der Waals surface area contributed by atoms with Crippen LogP contribution in [0.25, 0.3) is 0 Å². The molecule has 9 heteroatoms. The highest BCUT2D eigenvalue weighted by molar-refractivity contribution is 7.91. The number of carboxylic acids is 1. The molecule has 0 aliphatic heterocycles. The molecular formula is C13H20N2O5S2. The zero-order valence-electron chi connectivity index (χ0n) is 12.5. The van der Waals surface area contributed by atoms with E-state index in [0.717, 1.165) is 17.8 Å². The van der Waals surface area contributed by atoms with Crippen LogP contribution in [0.5, 0.6) is 0 Å². The topological polar surface area (TPSA) is 113 Å². The lowest BCUT2D eigenvalue weighted by atomic mass is 10.1. The van der Waals surface area contributed by atoms with Crippen molar-refractivity contribution < 1.29 is 23.1 Å². The summed E-state index contributed by atoms with van der Waals surface area (Å²) in [5.41, 5.74) is 0. The molecule has 0 aromatic carbocycles. The summed E-state index contributed by atoms with van der Waals surface area (Å²) in [6.45, 7) is 3.52. The zero-order valence-corrected chi connectivity index (χ0v) is 14.1. The Bertz CT molecular complexity index is 624. The number of thiophene rings is 1. The van der Waals surface area contributed by atoms with Crippen molar-refractivity contribution in [3.63, 3.8) is 0 Å². The smallest absolute Gasteiger partial charge is 0.321 e. The number of sulfonamides is 1. The van der Waals surface area contributed by atoms with Gasteiger partial charge in [-0.05, 0) is 18.6 Å². The van der Waals surface area contributed by atoms with E-state index in [1.807, 2.05) is 6.92 Å². The summed E-state index contributed by atoms with van der Waals surface area (Å²) in [5.74, 6) is -1.39. The third-order valence-corrected chi connectivity index (χ3v) is 5.90. The predicted octanol–water partition coefficient (Wildman–Crippen LogP) is 1.31. The molecule has 1 rings (SSSR count). The van der Waals surface area contributed by atoms with E-state index in [1.165, 1.54) is 13.0 Å². The fourth-order valence-corrected chi connectivity index (χ4v) is 4.23. The second-order valence-electron chi connectivity index (χ2n) is 4.78. The molecule has 1 amide bonds. The number of amides is 1. The second kappa shape index (κ2) is 8.25. The molecule has 124 valence electrons. The van der Waals surface area contributed by atoms with Gasteiger partial charge in [-0.1, -0.05) is 19.8 Å². The number of carbonyl (C=O) groups excluding carboxylic acids is 1. The SMILES string of the molecule is CCCC[C@H](NS(=O)(=O)c1ccc(CNC(C)=O)s1)C(=O)O. The molecule has 3 N–H and O–H groups in total. The molecule has 0 saturated heterocycles. The molecule has 1 atom stereocenters. The zero-order chi connectivity index (χ0) is 16.8. The maximum absolute atomic E-state index is 12.2. The first kappa shape index (κ1) is 18.6. The van der Waals surface area contributed by atoms with Crippen molar-refractivity contribution in [2.45, 2.75) is 49.9 Å². The molecular weight excluding hydrogens is 328 g/mol. The Morgan fingerprint density at radius 3 is 2.59 bits per heavy atom. The van der Waals surface area contributed by atoms with E-state index in [0.29, 0.717) is 11.3 Å². The molecule has 1 aromatic heterocycles. The maximum Gasteiger partial charge on any atom is 0.321 e. The Morgan fingerprint density at radius 1 is 1.36 bits per heavy atom. The molecule has 0 unspecified atom stereocenters. The molecule has 0 saturated carbocycles. The first-order valence-corrected chi connectivity index (χ1v) is 9.14. The number of hydrogen-bond donors (Lipinski definition) is 3. The average Bonchev–Trinajstić information content (AvgIpc) is 2.90. The first-order valence-electron chi connectivity index (χ1n) is 6.84. The third-order valence-electron chi connectivity index (χ3n) is 2.86. The normalized spacial score (nSPS) is 12.8. The van der Waals surface area contributed by atoms with Crippen LogP contribution in [0.2, 0.25) is 0 Å². The lowest BCUT2D eigenvalue weighted by molar-refractivity contribution is -0.139. The van der Waals surface area contributed by atoms with E-state index in [-0.39, 0.29) is 23.1 Å². The van der Waals surface area contributed by atoms with Gasteiger partial charge in [-0.25, -0.2) is 8.42 Å². The van der Waals surface area contributed by atoms with Crippen molar-refractivity contribution in [1.29, 1.82) is 0 Å². The molecule has 7 nitrogen and oxygen atoms in total. The Balaban J connectivity index is 2.80. The summed E-state index contributed by atoms with van der Waals surface area (Å²) in [7, 11) is -3.88. The number of aliphatic carboxylic acids is 1. The molecule has 0 aliphatic carbocycles. The summed E-state index contributed by atoms with van der Waals surface area (Å²) in [4.78, 5) is 22.6. The fraction of sp³-hybridized carbons (Fsp3) is 0.538. The summed E-state index contributed by atoms with van der Waals surface area (Å²) >= 11 is 1.00. The molecule has 0 bridgehead atoms. The minimum atomic E-state index is -3.88. The molecule has 0 fully saturated rings. The van der Waals surface area contributed by atoms with Crippen molar-refractivity contribution in [3.05, 3.63) is 17.0 Å². The highest BCUT2D eigenvalue weighted by Gasteiger charge is 2.26. The Labute approximate surface area is 133 Å². The molecule has 1 aromatic rings. The van der Waals surface area contributed by atoms with Crippen molar-refractivity contribution in [3.8, 4) is 0 Å². The predicted molar refractivity (Wildman–Crippen MR) is 83.1 cm³/mol. The number of unbranched alkanes of at least 4 members (excludes halogenated alkanes) is 1. The average molecular weight is 348 g/mol. The summed E-state index contributed by atoms with van der Waals surface area (Å²) in [6, 6.07) is 1.87. The van der Waals surface area contributed by atoms with Gasteiger partial charge >= 0.3 is 5.97 Å². The van der Waals surface area contributed by atoms with Gasteiger partial charge in [0.05, 0.1) is 6.54 Å². The van der Waals surface area contributed by atoms with Crippen molar-refractivity contribution in [2.75, 3.05) is 0 Å². The minimum Gasteiger partial charge on any atom is -0.480 e. The first-order chi connectivity index (χ1) is 10.3. The standard InChI is InChI=1S/C13H20N2O5S2/c1-3-4-5-11(13(17)18)15-22(19,20)12-7-6-10(21-12)8-14-9(2)16/h6-7,11,15H,3-5,8H2,1-2H3,(H,14,16)(H,17,18)/t11-/m0/s1. The van der Waals surface area contributed by atoms with Crippen LogP contribution in [0, 0.1) is 0 Å². The van der Waals surface area contributed by atoms with Crippen LogP contribution in [0.4, 0.5) is 0 Å². The van der Waals surface area contributed by atoms with Crippen molar-refractivity contribution in [1.82, 2.24) is 10.0 Å². The molecule has 1 heterocycles. The molecule has 0 radical (unpaired) electrons. The Kier molecular flexibility index (Phi) is 6.98. The van der Waals surface area contributed by atoms with Gasteiger partial charge in [-0.3, -0.25) is 9.59 Å². The van der Waals surface area contributed by atoms with E-state index in [2.05, 4.69) is 10.0 Å². The maximum atomic E-state index is 12.2. The second-order valence-corrected chi connectivity index (χ2v) is 7.89. The van der Waals surface area contributed by atoms with E-state index >= 15 is 0 Å². The minimum absolute atomic E-state index is 0.0376. The van der Waals surface area contributed by atoms with Crippen LogP contribution < -0.4 is 10.0 Å². The Morgan fingerprint density at radius 2 is 2.05 bits per heavy atom. The lowest BCUT2D eigenvalue weighted by Gasteiger charge is -2.13. The number of hydrogen-bond acceptors (Lipinski definition) is 5. The van der Waals surface area contributed by atoms with Crippen LogP contribution >= 0.6 is 11.3 Å². The number of rotatable bonds is 9. The highest BCUT2D eigenvalue weighted by Crippen LogP contribution is 2.22. The van der Waals surface area contributed by atoms with Crippen LogP contribution in [-0.2, 0) is 26.2 Å². The molecule has 0 aliphatic rings. The van der Waals surface area contributed by atoms with E-state index in [4.69, 9.17) is 5.11 Å². The summed E-state index contributed by atoms with van der Waals surface area (Å²) in [5, 5.41) is 11.7. The number of carboxylic acid groups (broad SMARTS) is 1.